The zero-order valence-electron chi connectivity index (χ0n) is 18.8. The van der Waals surface area contributed by atoms with E-state index in [2.05, 4.69) is 24.3 Å². The molecule has 2 fully saturated rings. The molecule has 3 aromatic carbocycles. The van der Waals surface area contributed by atoms with Crippen molar-refractivity contribution in [2.45, 2.75) is 56.9 Å². The molecule has 5 atom stereocenters. The molecule has 2 heterocycles. The van der Waals surface area contributed by atoms with Crippen LogP contribution in [-0.4, -0.2) is 36.8 Å². The van der Waals surface area contributed by atoms with Crippen LogP contribution in [0.1, 0.15) is 23.6 Å². The third-order valence-corrected chi connectivity index (χ3v) is 6.27. The molecule has 3 aromatic rings. The van der Waals surface area contributed by atoms with Gasteiger partial charge in [0, 0.05) is 0 Å². The van der Waals surface area contributed by atoms with Crippen molar-refractivity contribution in [1.82, 2.24) is 0 Å². The highest BCUT2D eigenvalue weighted by atomic mass is 16.8. The maximum atomic E-state index is 6.51. The van der Waals surface area contributed by atoms with E-state index in [1.54, 1.807) is 0 Å². The van der Waals surface area contributed by atoms with Crippen LogP contribution in [0.5, 0.6) is 0 Å². The summed E-state index contributed by atoms with van der Waals surface area (Å²) in [6.07, 6.45) is -1.31. The van der Waals surface area contributed by atoms with E-state index in [1.807, 2.05) is 73.7 Å². The summed E-state index contributed by atoms with van der Waals surface area (Å²) in [7, 11) is 0. The highest BCUT2D eigenvalue weighted by molar-refractivity contribution is 5.16. The predicted octanol–water partition coefficient (Wildman–Crippen LogP) is 4.89. The first kappa shape index (κ1) is 22.3. The molecule has 0 aromatic heterocycles. The molecule has 0 amide bonds. The number of fused-ring (bicyclic) bond motifs is 2. The van der Waals surface area contributed by atoms with E-state index in [-0.39, 0.29) is 18.3 Å². The van der Waals surface area contributed by atoms with Gasteiger partial charge >= 0.3 is 0 Å². The van der Waals surface area contributed by atoms with Gasteiger partial charge < -0.3 is 23.7 Å². The molecule has 2 bridgehead atoms. The summed E-state index contributed by atoms with van der Waals surface area (Å²) in [5.41, 5.74) is 3.30. The molecule has 0 saturated carbocycles. The third kappa shape index (κ3) is 5.18. The summed E-state index contributed by atoms with van der Waals surface area (Å²) < 4.78 is 31.8. The molecule has 0 radical (unpaired) electrons. The molecule has 2 aliphatic heterocycles. The highest BCUT2D eigenvalue weighted by Crippen LogP contribution is 2.41. The number of rotatable bonds is 9. The predicted molar refractivity (Wildman–Crippen MR) is 124 cm³/mol. The monoisotopic (exact) mass is 446 g/mol. The molecule has 5 rings (SSSR count). The minimum absolute atomic E-state index is 0.212. The van der Waals surface area contributed by atoms with Crippen LogP contribution in [0.2, 0.25) is 0 Å². The first-order valence-corrected chi connectivity index (χ1v) is 11.5. The molecule has 0 spiro atoms. The Bertz CT molecular complexity index is 997. The van der Waals surface area contributed by atoms with E-state index in [9.17, 15) is 0 Å². The average molecular weight is 447 g/mol. The Morgan fingerprint density at radius 2 is 1.12 bits per heavy atom. The Labute approximate surface area is 195 Å². The van der Waals surface area contributed by atoms with Crippen LogP contribution in [0, 0.1) is 0 Å². The Hall–Kier alpha value is -2.54. The van der Waals surface area contributed by atoms with Gasteiger partial charge in [-0.2, -0.15) is 0 Å². The Balaban J connectivity index is 1.37. The van der Waals surface area contributed by atoms with Gasteiger partial charge in [-0.25, -0.2) is 0 Å². The van der Waals surface area contributed by atoms with Crippen molar-refractivity contribution in [2.24, 2.45) is 0 Å². The van der Waals surface area contributed by atoms with E-state index in [4.69, 9.17) is 23.7 Å². The molecule has 33 heavy (non-hydrogen) atoms. The van der Waals surface area contributed by atoms with Crippen LogP contribution in [0.3, 0.4) is 0 Å². The van der Waals surface area contributed by atoms with Crippen LogP contribution < -0.4 is 0 Å². The summed E-state index contributed by atoms with van der Waals surface area (Å²) in [6, 6.07) is 30.4. The normalized spacial score (nSPS) is 28.6. The van der Waals surface area contributed by atoms with Gasteiger partial charge in [0.25, 0.3) is 0 Å². The van der Waals surface area contributed by atoms with E-state index in [1.165, 1.54) is 0 Å². The lowest BCUT2D eigenvalue weighted by Crippen LogP contribution is -2.61. The first-order valence-electron chi connectivity index (χ1n) is 11.5. The standard InChI is InChI=1S/C28H30O5/c1-28-27(31-19-23-15-9-4-10-16-23)26(30-18-22-13-7-3-8-14-22)25(24(33-28)20-32-28)29-17-21-11-5-2-6-12-21/h2-16,24-27H,17-20H2,1H3/t24-,25-,26+,27-,28-/m1/s1. The summed E-state index contributed by atoms with van der Waals surface area (Å²) in [5, 5.41) is 0. The van der Waals surface area contributed by atoms with Gasteiger partial charge in [0.1, 0.15) is 24.4 Å². The van der Waals surface area contributed by atoms with Crippen molar-refractivity contribution < 1.29 is 23.7 Å². The minimum Gasteiger partial charge on any atom is -0.368 e. The number of benzene rings is 3. The number of hydrogen-bond acceptors (Lipinski definition) is 5. The molecular formula is C28H30O5. The fraction of sp³-hybridized carbons (Fsp3) is 0.357. The average Bonchev–Trinajstić information content (AvgIpc) is 3.22. The van der Waals surface area contributed by atoms with Crippen molar-refractivity contribution >= 4 is 0 Å². The van der Waals surface area contributed by atoms with Gasteiger partial charge in [-0.15, -0.1) is 0 Å². The lowest BCUT2D eigenvalue weighted by atomic mass is 9.94. The molecule has 0 unspecified atom stereocenters. The van der Waals surface area contributed by atoms with Gasteiger partial charge in [0.15, 0.2) is 5.79 Å². The van der Waals surface area contributed by atoms with Gasteiger partial charge in [-0.05, 0) is 23.6 Å². The van der Waals surface area contributed by atoms with Crippen LogP contribution in [0.25, 0.3) is 0 Å². The second kappa shape index (κ2) is 10.2. The van der Waals surface area contributed by atoms with E-state index in [0.717, 1.165) is 16.7 Å². The molecule has 5 nitrogen and oxygen atoms in total. The zero-order chi connectivity index (χ0) is 22.5. The van der Waals surface area contributed by atoms with E-state index in [0.29, 0.717) is 26.4 Å². The van der Waals surface area contributed by atoms with Crippen LogP contribution in [0.15, 0.2) is 91.0 Å². The van der Waals surface area contributed by atoms with Crippen molar-refractivity contribution in [1.29, 1.82) is 0 Å². The maximum Gasteiger partial charge on any atom is 0.195 e. The van der Waals surface area contributed by atoms with Crippen LogP contribution >= 0.6 is 0 Å². The van der Waals surface area contributed by atoms with Gasteiger partial charge in [-0.3, -0.25) is 0 Å². The van der Waals surface area contributed by atoms with Gasteiger partial charge in [0.2, 0.25) is 0 Å². The number of ether oxygens (including phenoxy) is 5. The fourth-order valence-electron chi connectivity index (χ4n) is 4.53. The second-order valence-electron chi connectivity index (χ2n) is 8.72. The summed E-state index contributed by atoms with van der Waals surface area (Å²) in [6.45, 7) is 3.76. The molecule has 0 N–H and O–H groups in total. The second-order valence-corrected chi connectivity index (χ2v) is 8.72. The van der Waals surface area contributed by atoms with Crippen molar-refractivity contribution in [3.8, 4) is 0 Å². The lowest BCUT2D eigenvalue weighted by molar-refractivity contribution is -0.314. The zero-order valence-corrected chi connectivity index (χ0v) is 18.8. The molecule has 0 aliphatic carbocycles. The topological polar surface area (TPSA) is 46.2 Å². The Morgan fingerprint density at radius 3 is 1.64 bits per heavy atom. The molecule has 172 valence electrons. The molecular weight excluding hydrogens is 416 g/mol. The lowest BCUT2D eigenvalue weighted by Gasteiger charge is -2.45. The van der Waals surface area contributed by atoms with E-state index >= 15 is 0 Å². The molecule has 5 heteroatoms. The quantitative estimate of drug-likeness (QED) is 0.468. The minimum atomic E-state index is -0.882. The van der Waals surface area contributed by atoms with Gasteiger partial charge in [-0.1, -0.05) is 91.0 Å². The Kier molecular flexibility index (Phi) is 6.85. The summed E-state index contributed by atoms with van der Waals surface area (Å²) in [4.78, 5) is 0. The first-order chi connectivity index (χ1) is 16.2. The number of hydrogen-bond donors (Lipinski definition) is 0. The van der Waals surface area contributed by atoms with Gasteiger partial charge in [0.05, 0.1) is 26.4 Å². The van der Waals surface area contributed by atoms with E-state index < -0.39 is 11.9 Å². The maximum absolute atomic E-state index is 6.51. The largest absolute Gasteiger partial charge is 0.368 e. The summed E-state index contributed by atoms with van der Waals surface area (Å²) in [5.74, 6) is -0.882. The molecule has 2 saturated heterocycles. The SMILES string of the molecule is C[C@@]12OC[C@@H](O1)[C@@H](OCc1ccccc1)[C@H](OCc1ccccc1)[C@H]2OCc1ccccc1. The van der Waals surface area contributed by atoms with Crippen LogP contribution in [-0.2, 0) is 43.5 Å². The van der Waals surface area contributed by atoms with Crippen LogP contribution in [0.4, 0.5) is 0 Å². The third-order valence-electron chi connectivity index (χ3n) is 6.27. The van der Waals surface area contributed by atoms with Crippen molar-refractivity contribution in [3.05, 3.63) is 108 Å². The van der Waals surface area contributed by atoms with Crippen molar-refractivity contribution in [3.63, 3.8) is 0 Å². The Morgan fingerprint density at radius 1 is 0.667 bits per heavy atom. The highest BCUT2D eigenvalue weighted by Gasteiger charge is 2.59. The molecule has 2 aliphatic rings. The fourth-order valence-corrected chi connectivity index (χ4v) is 4.53. The smallest absolute Gasteiger partial charge is 0.195 e. The van der Waals surface area contributed by atoms with Crippen molar-refractivity contribution in [2.75, 3.05) is 6.61 Å². The summed E-state index contributed by atoms with van der Waals surface area (Å²) >= 11 is 0.